The summed E-state index contributed by atoms with van der Waals surface area (Å²) in [5.74, 6) is 1.05. The molecule has 0 saturated heterocycles. The van der Waals surface area contributed by atoms with Crippen LogP contribution >= 0.6 is 23.4 Å². The molecule has 1 amide bonds. The molecule has 2 aromatic carbocycles. The lowest BCUT2D eigenvalue weighted by atomic mass is 10.2. The van der Waals surface area contributed by atoms with Gasteiger partial charge in [0.25, 0.3) is 11.1 Å². The van der Waals surface area contributed by atoms with Gasteiger partial charge in [0, 0.05) is 17.3 Å². The Balaban J connectivity index is 1.34. The molecular weight excluding hydrogens is 398 g/mol. The van der Waals surface area contributed by atoms with E-state index in [2.05, 4.69) is 16.3 Å². The molecule has 0 saturated carbocycles. The van der Waals surface area contributed by atoms with Crippen LogP contribution in [0.15, 0.2) is 58.2 Å². The third-order valence-electron chi connectivity index (χ3n) is 4.40. The van der Waals surface area contributed by atoms with E-state index >= 15 is 0 Å². The summed E-state index contributed by atoms with van der Waals surface area (Å²) in [6.45, 7) is 2.70. The van der Waals surface area contributed by atoms with Crippen LogP contribution in [0.25, 0.3) is 0 Å². The number of carbonyl (C=O) groups excluding carboxylic acids is 1. The maximum absolute atomic E-state index is 12.8. The zero-order valence-electron chi connectivity index (χ0n) is 15.2. The number of benzene rings is 2. The Bertz CT molecular complexity index is 977. The first-order valence-electron chi connectivity index (χ1n) is 8.87. The van der Waals surface area contributed by atoms with Crippen molar-refractivity contribution in [2.24, 2.45) is 0 Å². The monoisotopic (exact) mass is 415 g/mol. The SMILES string of the molecule is CC(Sc1nnc(COc2ccc(Cl)cc2)o1)C(=O)N1CCc2ccccc21. The van der Waals surface area contributed by atoms with Gasteiger partial charge in [-0.2, -0.15) is 0 Å². The van der Waals surface area contributed by atoms with Crippen LogP contribution in [0.3, 0.4) is 0 Å². The number of anilines is 1. The fourth-order valence-electron chi connectivity index (χ4n) is 3.01. The zero-order valence-corrected chi connectivity index (χ0v) is 16.7. The minimum atomic E-state index is -0.336. The van der Waals surface area contributed by atoms with Crippen molar-refractivity contribution in [2.75, 3.05) is 11.4 Å². The lowest BCUT2D eigenvalue weighted by Gasteiger charge is -2.20. The van der Waals surface area contributed by atoms with E-state index in [-0.39, 0.29) is 17.8 Å². The molecule has 1 aromatic heterocycles. The van der Waals surface area contributed by atoms with Gasteiger partial charge in [-0.05, 0) is 49.2 Å². The van der Waals surface area contributed by atoms with Gasteiger partial charge in [-0.15, -0.1) is 10.2 Å². The van der Waals surface area contributed by atoms with Gasteiger partial charge in [0.15, 0.2) is 6.61 Å². The van der Waals surface area contributed by atoms with E-state index in [1.807, 2.05) is 30.0 Å². The highest BCUT2D eigenvalue weighted by molar-refractivity contribution is 8.00. The van der Waals surface area contributed by atoms with Gasteiger partial charge < -0.3 is 14.1 Å². The van der Waals surface area contributed by atoms with E-state index in [9.17, 15) is 4.79 Å². The van der Waals surface area contributed by atoms with E-state index in [0.717, 1.165) is 12.1 Å². The van der Waals surface area contributed by atoms with E-state index in [4.69, 9.17) is 20.8 Å². The van der Waals surface area contributed by atoms with Gasteiger partial charge in [-0.3, -0.25) is 4.79 Å². The molecular formula is C20H18ClN3O3S. The van der Waals surface area contributed by atoms with E-state index < -0.39 is 0 Å². The predicted molar refractivity (Wildman–Crippen MR) is 108 cm³/mol. The number of carbonyl (C=O) groups is 1. The molecule has 0 N–H and O–H groups in total. The summed E-state index contributed by atoms with van der Waals surface area (Å²) in [4.78, 5) is 14.7. The number of amides is 1. The van der Waals surface area contributed by atoms with Gasteiger partial charge in [0.1, 0.15) is 5.75 Å². The number of hydrogen-bond acceptors (Lipinski definition) is 6. The van der Waals surface area contributed by atoms with Crippen molar-refractivity contribution in [3.05, 3.63) is 65.0 Å². The van der Waals surface area contributed by atoms with Crippen LogP contribution in [0.1, 0.15) is 18.4 Å². The summed E-state index contributed by atoms with van der Waals surface area (Å²) >= 11 is 7.10. The van der Waals surface area contributed by atoms with Crippen molar-refractivity contribution < 1.29 is 13.9 Å². The smallest absolute Gasteiger partial charge is 0.277 e. The van der Waals surface area contributed by atoms with Crippen LogP contribution in [0.4, 0.5) is 5.69 Å². The molecule has 1 atom stereocenters. The van der Waals surface area contributed by atoms with Crippen molar-refractivity contribution in [1.82, 2.24) is 10.2 Å². The van der Waals surface area contributed by atoms with Crippen molar-refractivity contribution in [3.8, 4) is 5.75 Å². The van der Waals surface area contributed by atoms with Gasteiger partial charge in [-0.1, -0.05) is 41.6 Å². The lowest BCUT2D eigenvalue weighted by Crippen LogP contribution is -2.35. The minimum Gasteiger partial charge on any atom is -0.484 e. The van der Waals surface area contributed by atoms with Crippen molar-refractivity contribution in [1.29, 1.82) is 0 Å². The first-order valence-corrected chi connectivity index (χ1v) is 10.1. The van der Waals surface area contributed by atoms with Gasteiger partial charge in [0.2, 0.25) is 5.91 Å². The Labute approximate surface area is 171 Å². The summed E-state index contributed by atoms with van der Waals surface area (Å²) < 4.78 is 11.2. The Kier molecular flexibility index (Phi) is 5.54. The van der Waals surface area contributed by atoms with Crippen LogP contribution in [0, 0.1) is 0 Å². The van der Waals surface area contributed by atoms with Crippen LogP contribution in [-0.4, -0.2) is 27.9 Å². The van der Waals surface area contributed by atoms with Crippen molar-refractivity contribution in [3.63, 3.8) is 0 Å². The molecule has 8 heteroatoms. The Hall–Kier alpha value is -2.51. The first-order chi connectivity index (χ1) is 13.6. The summed E-state index contributed by atoms with van der Waals surface area (Å²) in [5, 5.41) is 8.65. The molecule has 1 aliphatic rings. The molecule has 0 aliphatic carbocycles. The third-order valence-corrected chi connectivity index (χ3v) is 5.58. The summed E-state index contributed by atoms with van der Waals surface area (Å²) in [6, 6.07) is 15.0. The second-order valence-electron chi connectivity index (χ2n) is 6.33. The van der Waals surface area contributed by atoms with Crippen LogP contribution in [0.5, 0.6) is 5.75 Å². The minimum absolute atomic E-state index is 0.0344. The molecule has 4 rings (SSSR count). The second-order valence-corrected chi connectivity index (χ2v) is 8.06. The number of thioether (sulfide) groups is 1. The zero-order chi connectivity index (χ0) is 19.5. The highest BCUT2D eigenvalue weighted by Crippen LogP contribution is 2.31. The molecule has 28 heavy (non-hydrogen) atoms. The standard InChI is InChI=1S/C20H18ClN3O3S/c1-13(19(25)24-11-10-14-4-2-3-5-17(14)24)28-20-23-22-18(27-20)12-26-16-8-6-15(21)7-9-16/h2-9,13H,10-12H2,1H3. The summed E-state index contributed by atoms with van der Waals surface area (Å²) in [5.41, 5.74) is 2.19. The molecule has 144 valence electrons. The molecule has 1 unspecified atom stereocenters. The Morgan fingerprint density at radius 1 is 1.25 bits per heavy atom. The number of rotatable bonds is 6. The van der Waals surface area contributed by atoms with Crippen molar-refractivity contribution >= 4 is 35.0 Å². The van der Waals surface area contributed by atoms with E-state index in [0.29, 0.717) is 28.4 Å². The first kappa shape index (κ1) is 18.8. The average molecular weight is 416 g/mol. The summed E-state index contributed by atoms with van der Waals surface area (Å²) in [6.07, 6.45) is 0.881. The van der Waals surface area contributed by atoms with Crippen molar-refractivity contribution in [2.45, 2.75) is 30.4 Å². The predicted octanol–water partition coefficient (Wildman–Crippen LogP) is 4.37. The molecule has 0 spiro atoms. The third kappa shape index (κ3) is 4.15. The van der Waals surface area contributed by atoms with Crippen LogP contribution < -0.4 is 9.64 Å². The maximum atomic E-state index is 12.8. The topological polar surface area (TPSA) is 68.5 Å². The average Bonchev–Trinajstić information content (AvgIpc) is 3.34. The second kappa shape index (κ2) is 8.24. The molecule has 2 heterocycles. The number of fused-ring (bicyclic) bond motifs is 1. The number of para-hydroxylation sites is 1. The van der Waals surface area contributed by atoms with Gasteiger partial charge in [-0.25, -0.2) is 0 Å². The van der Waals surface area contributed by atoms with Gasteiger partial charge in [0.05, 0.1) is 5.25 Å². The number of nitrogens with zero attached hydrogens (tertiary/aromatic N) is 3. The highest BCUT2D eigenvalue weighted by Gasteiger charge is 2.29. The highest BCUT2D eigenvalue weighted by atomic mass is 35.5. The number of aromatic nitrogens is 2. The van der Waals surface area contributed by atoms with E-state index in [1.165, 1.54) is 17.3 Å². The van der Waals surface area contributed by atoms with Crippen LogP contribution in [0.2, 0.25) is 5.02 Å². The largest absolute Gasteiger partial charge is 0.484 e. The molecule has 0 bridgehead atoms. The number of halogens is 1. The Morgan fingerprint density at radius 2 is 2.04 bits per heavy atom. The fraction of sp³-hybridized carbons (Fsp3) is 0.250. The molecule has 0 radical (unpaired) electrons. The quantitative estimate of drug-likeness (QED) is 0.557. The fourth-order valence-corrected chi connectivity index (χ4v) is 3.90. The summed E-state index contributed by atoms with van der Waals surface area (Å²) in [7, 11) is 0. The molecule has 1 aliphatic heterocycles. The lowest BCUT2D eigenvalue weighted by molar-refractivity contribution is -0.117. The molecule has 6 nitrogen and oxygen atoms in total. The number of ether oxygens (including phenoxy) is 1. The maximum Gasteiger partial charge on any atom is 0.277 e. The Morgan fingerprint density at radius 3 is 2.86 bits per heavy atom. The molecule has 0 fully saturated rings. The van der Waals surface area contributed by atoms with Gasteiger partial charge >= 0.3 is 0 Å². The molecule has 3 aromatic rings. The van der Waals surface area contributed by atoms with E-state index in [1.54, 1.807) is 24.3 Å². The van der Waals surface area contributed by atoms with Crippen LogP contribution in [-0.2, 0) is 17.8 Å². The normalized spacial score (nSPS) is 14.0. The number of hydrogen-bond donors (Lipinski definition) is 0.